The van der Waals surface area contributed by atoms with E-state index in [9.17, 15) is 0 Å². The van der Waals surface area contributed by atoms with Crippen LogP contribution in [0.1, 0.15) is 26.7 Å². The zero-order valence-electron chi connectivity index (χ0n) is 9.29. The van der Waals surface area contributed by atoms with Crippen LogP contribution >= 0.6 is 0 Å². The number of hydrogen-bond donors (Lipinski definition) is 1. The van der Waals surface area contributed by atoms with Crippen LogP contribution in [0.5, 0.6) is 0 Å². The molecule has 2 aliphatic rings. The Morgan fingerprint density at radius 2 is 2.29 bits per heavy atom. The van der Waals surface area contributed by atoms with E-state index in [0.29, 0.717) is 6.04 Å². The standard InChI is InChI=1S/C13H21N/c1-9(2)8-14-10(3)13-7-11-4-5-12(13)6-11/h4-5,10-14H,1,6-8H2,2-3H3. The molecule has 4 atom stereocenters. The Labute approximate surface area is 87.3 Å². The van der Waals surface area contributed by atoms with Crippen molar-refractivity contribution in [2.24, 2.45) is 17.8 Å². The van der Waals surface area contributed by atoms with Crippen LogP contribution in [0.15, 0.2) is 24.3 Å². The topological polar surface area (TPSA) is 12.0 Å². The lowest BCUT2D eigenvalue weighted by Crippen LogP contribution is -2.36. The second-order valence-electron chi connectivity index (χ2n) is 5.07. The Hall–Kier alpha value is -0.560. The van der Waals surface area contributed by atoms with Gasteiger partial charge in [0.2, 0.25) is 0 Å². The normalized spacial score (nSPS) is 36.3. The lowest BCUT2D eigenvalue weighted by atomic mass is 9.87. The van der Waals surface area contributed by atoms with Crippen LogP contribution in [0.3, 0.4) is 0 Å². The highest BCUT2D eigenvalue weighted by molar-refractivity contribution is 5.11. The van der Waals surface area contributed by atoms with Crippen molar-refractivity contribution in [1.82, 2.24) is 5.32 Å². The summed E-state index contributed by atoms with van der Waals surface area (Å²) in [5.41, 5.74) is 1.23. The van der Waals surface area contributed by atoms with Crippen LogP contribution in [-0.2, 0) is 0 Å². The van der Waals surface area contributed by atoms with Gasteiger partial charge in [-0.25, -0.2) is 0 Å². The van der Waals surface area contributed by atoms with Gasteiger partial charge in [0.1, 0.15) is 0 Å². The fourth-order valence-electron chi connectivity index (χ4n) is 2.88. The van der Waals surface area contributed by atoms with Crippen LogP contribution < -0.4 is 5.32 Å². The van der Waals surface area contributed by atoms with E-state index in [1.807, 2.05) is 0 Å². The first-order valence-electron chi connectivity index (χ1n) is 5.73. The number of allylic oxidation sites excluding steroid dienone is 2. The van der Waals surface area contributed by atoms with Gasteiger partial charge in [0, 0.05) is 12.6 Å². The molecular formula is C13H21N. The highest BCUT2D eigenvalue weighted by atomic mass is 14.9. The number of hydrogen-bond acceptors (Lipinski definition) is 1. The van der Waals surface area contributed by atoms with Crippen molar-refractivity contribution in [1.29, 1.82) is 0 Å². The average Bonchev–Trinajstić information content (AvgIpc) is 2.74. The molecule has 4 unspecified atom stereocenters. The van der Waals surface area contributed by atoms with Crippen LogP contribution in [0.25, 0.3) is 0 Å². The predicted molar refractivity (Wildman–Crippen MR) is 61.1 cm³/mol. The number of nitrogens with one attached hydrogen (secondary N) is 1. The highest BCUT2D eigenvalue weighted by Crippen LogP contribution is 2.44. The summed E-state index contributed by atoms with van der Waals surface area (Å²) in [6.07, 6.45) is 7.64. The Morgan fingerprint density at radius 1 is 1.50 bits per heavy atom. The second kappa shape index (κ2) is 3.90. The first-order chi connectivity index (χ1) is 6.66. The Morgan fingerprint density at radius 3 is 2.79 bits per heavy atom. The molecule has 1 nitrogen and oxygen atoms in total. The molecular weight excluding hydrogens is 170 g/mol. The minimum atomic E-state index is 0.645. The van der Waals surface area contributed by atoms with E-state index < -0.39 is 0 Å². The summed E-state index contributed by atoms with van der Waals surface area (Å²) >= 11 is 0. The maximum absolute atomic E-state index is 3.93. The quantitative estimate of drug-likeness (QED) is 0.674. The van der Waals surface area contributed by atoms with Gasteiger partial charge in [-0.1, -0.05) is 24.3 Å². The summed E-state index contributed by atoms with van der Waals surface area (Å²) in [6, 6.07) is 0.645. The first kappa shape index (κ1) is 9.97. The molecule has 0 heterocycles. The molecule has 1 saturated carbocycles. The first-order valence-corrected chi connectivity index (χ1v) is 5.73. The van der Waals surface area contributed by atoms with Crippen LogP contribution in [0.2, 0.25) is 0 Å². The third-order valence-electron chi connectivity index (χ3n) is 3.70. The highest BCUT2D eigenvalue weighted by Gasteiger charge is 2.38. The lowest BCUT2D eigenvalue weighted by Gasteiger charge is -2.26. The van der Waals surface area contributed by atoms with Crippen LogP contribution in [0, 0.1) is 17.8 Å². The van der Waals surface area contributed by atoms with E-state index in [1.165, 1.54) is 18.4 Å². The number of fused-ring (bicyclic) bond motifs is 2. The van der Waals surface area contributed by atoms with Gasteiger partial charge in [-0.05, 0) is 44.4 Å². The summed E-state index contributed by atoms with van der Waals surface area (Å²) in [5, 5.41) is 3.58. The van der Waals surface area contributed by atoms with Crippen LogP contribution in [-0.4, -0.2) is 12.6 Å². The van der Waals surface area contributed by atoms with Gasteiger partial charge in [0.15, 0.2) is 0 Å². The van der Waals surface area contributed by atoms with Gasteiger partial charge < -0.3 is 5.32 Å². The smallest absolute Gasteiger partial charge is 0.0161 e. The molecule has 0 spiro atoms. The molecule has 14 heavy (non-hydrogen) atoms. The minimum Gasteiger partial charge on any atom is -0.310 e. The van der Waals surface area contributed by atoms with Gasteiger partial charge in [0.05, 0.1) is 0 Å². The molecule has 0 aromatic heterocycles. The van der Waals surface area contributed by atoms with Crippen molar-refractivity contribution >= 4 is 0 Å². The van der Waals surface area contributed by atoms with Gasteiger partial charge in [0.25, 0.3) is 0 Å². The molecule has 0 aliphatic heterocycles. The van der Waals surface area contributed by atoms with E-state index in [-0.39, 0.29) is 0 Å². The van der Waals surface area contributed by atoms with Gasteiger partial charge in [-0.3, -0.25) is 0 Å². The van der Waals surface area contributed by atoms with Crippen molar-refractivity contribution in [3.8, 4) is 0 Å². The third kappa shape index (κ3) is 1.93. The molecule has 78 valence electrons. The fraction of sp³-hybridized carbons (Fsp3) is 0.692. The zero-order valence-corrected chi connectivity index (χ0v) is 9.29. The molecule has 0 saturated heterocycles. The van der Waals surface area contributed by atoms with E-state index in [4.69, 9.17) is 0 Å². The van der Waals surface area contributed by atoms with E-state index in [2.05, 4.69) is 37.9 Å². The molecule has 1 fully saturated rings. The van der Waals surface area contributed by atoms with Crippen LogP contribution in [0.4, 0.5) is 0 Å². The Kier molecular flexibility index (Phi) is 2.78. The van der Waals surface area contributed by atoms with E-state index in [0.717, 1.165) is 24.3 Å². The molecule has 2 rings (SSSR count). The number of rotatable bonds is 4. The third-order valence-corrected chi connectivity index (χ3v) is 3.70. The van der Waals surface area contributed by atoms with Gasteiger partial charge in [-0.2, -0.15) is 0 Å². The molecule has 0 aromatic carbocycles. The molecule has 1 N–H and O–H groups in total. The minimum absolute atomic E-state index is 0.645. The van der Waals surface area contributed by atoms with Crippen molar-refractivity contribution in [2.75, 3.05) is 6.54 Å². The molecule has 0 amide bonds. The molecule has 0 aromatic rings. The zero-order chi connectivity index (χ0) is 10.1. The lowest BCUT2D eigenvalue weighted by molar-refractivity contribution is 0.334. The summed E-state index contributed by atoms with van der Waals surface area (Å²) in [4.78, 5) is 0. The Bertz CT molecular complexity index is 254. The van der Waals surface area contributed by atoms with Crippen molar-refractivity contribution < 1.29 is 0 Å². The maximum Gasteiger partial charge on any atom is 0.0161 e. The van der Waals surface area contributed by atoms with Crippen molar-refractivity contribution in [3.05, 3.63) is 24.3 Å². The predicted octanol–water partition coefficient (Wildman–Crippen LogP) is 2.75. The largest absolute Gasteiger partial charge is 0.310 e. The monoisotopic (exact) mass is 191 g/mol. The fourth-order valence-corrected chi connectivity index (χ4v) is 2.88. The Balaban J connectivity index is 1.84. The maximum atomic E-state index is 3.93. The van der Waals surface area contributed by atoms with Crippen molar-refractivity contribution in [3.63, 3.8) is 0 Å². The molecule has 0 radical (unpaired) electrons. The summed E-state index contributed by atoms with van der Waals surface area (Å²) < 4.78 is 0. The van der Waals surface area contributed by atoms with E-state index in [1.54, 1.807) is 0 Å². The molecule has 2 bridgehead atoms. The average molecular weight is 191 g/mol. The molecule has 2 aliphatic carbocycles. The van der Waals surface area contributed by atoms with Crippen molar-refractivity contribution in [2.45, 2.75) is 32.7 Å². The summed E-state index contributed by atoms with van der Waals surface area (Å²) in [7, 11) is 0. The summed E-state index contributed by atoms with van der Waals surface area (Å²) in [5.74, 6) is 2.61. The van der Waals surface area contributed by atoms with E-state index >= 15 is 0 Å². The van der Waals surface area contributed by atoms with Gasteiger partial charge in [-0.15, -0.1) is 0 Å². The van der Waals surface area contributed by atoms with Gasteiger partial charge >= 0.3 is 0 Å². The SMILES string of the molecule is C=C(C)CNC(C)C1CC2C=CC1C2. The molecule has 1 heteroatoms. The summed E-state index contributed by atoms with van der Waals surface area (Å²) in [6.45, 7) is 9.30. The second-order valence-corrected chi connectivity index (χ2v) is 5.07.